The molecular formula is C10H18N2O3. The van der Waals surface area contributed by atoms with E-state index in [1.807, 2.05) is 20.8 Å². The zero-order chi connectivity index (χ0) is 12.1. The fourth-order valence-electron chi connectivity index (χ4n) is 0.903. The van der Waals surface area contributed by atoms with Crippen molar-refractivity contribution in [2.75, 3.05) is 0 Å². The van der Waals surface area contributed by atoms with Crippen LogP contribution in [0, 0.1) is 0 Å². The van der Waals surface area contributed by atoms with Gasteiger partial charge in [-0.3, -0.25) is 0 Å². The lowest BCUT2D eigenvalue weighted by atomic mass is 10.1. The van der Waals surface area contributed by atoms with Crippen molar-refractivity contribution < 1.29 is 14.7 Å². The van der Waals surface area contributed by atoms with Crippen molar-refractivity contribution in [3.8, 4) is 0 Å². The van der Waals surface area contributed by atoms with Gasteiger partial charge in [0.05, 0.1) is 0 Å². The number of carboxylic acids is 1. The van der Waals surface area contributed by atoms with Crippen molar-refractivity contribution >= 4 is 12.0 Å². The molecule has 0 aliphatic carbocycles. The summed E-state index contributed by atoms with van der Waals surface area (Å²) in [5.74, 6) is -1.09. The van der Waals surface area contributed by atoms with E-state index < -0.39 is 18.0 Å². The molecule has 15 heavy (non-hydrogen) atoms. The number of urea groups is 1. The minimum absolute atomic E-state index is 0.386. The highest BCUT2D eigenvalue weighted by atomic mass is 16.4. The predicted molar refractivity (Wildman–Crippen MR) is 57.7 cm³/mol. The van der Waals surface area contributed by atoms with E-state index in [-0.39, 0.29) is 5.54 Å². The Morgan fingerprint density at radius 2 is 1.87 bits per heavy atom. The maximum absolute atomic E-state index is 11.3. The molecule has 5 nitrogen and oxygen atoms in total. The number of carboxylic acid groups (broad SMARTS) is 1. The normalized spacial score (nSPS) is 13.6. The quantitative estimate of drug-likeness (QED) is 0.616. The number of rotatable bonds is 3. The van der Waals surface area contributed by atoms with Gasteiger partial charge >= 0.3 is 12.0 Å². The number of carbonyl (C=O) groups is 2. The fourth-order valence-corrected chi connectivity index (χ4v) is 0.903. The molecule has 0 aliphatic heterocycles. The molecule has 0 saturated carbocycles. The van der Waals surface area contributed by atoms with Crippen molar-refractivity contribution in [2.45, 2.75) is 39.3 Å². The lowest BCUT2D eigenvalue weighted by Crippen LogP contribution is -2.51. The first-order chi connectivity index (χ1) is 6.76. The molecule has 0 saturated heterocycles. The molecule has 0 aliphatic rings. The first kappa shape index (κ1) is 13.5. The number of carbonyl (C=O) groups excluding carboxylic acids is 1. The molecule has 5 heteroatoms. The van der Waals surface area contributed by atoms with Gasteiger partial charge in [0, 0.05) is 5.54 Å². The molecule has 0 aromatic rings. The molecular weight excluding hydrogens is 196 g/mol. The molecule has 0 radical (unpaired) electrons. The van der Waals surface area contributed by atoms with Gasteiger partial charge in [-0.15, -0.1) is 0 Å². The molecule has 0 heterocycles. The average molecular weight is 214 g/mol. The van der Waals surface area contributed by atoms with E-state index in [4.69, 9.17) is 5.11 Å². The Kier molecular flexibility index (Phi) is 4.84. The summed E-state index contributed by atoms with van der Waals surface area (Å²) in [4.78, 5) is 22.0. The summed E-state index contributed by atoms with van der Waals surface area (Å²) in [7, 11) is 0. The van der Waals surface area contributed by atoms with Gasteiger partial charge in [0.2, 0.25) is 0 Å². The standard InChI is InChI=1S/C10H18N2O3/c1-5-6-7(8(13)14)11-9(15)12-10(2,3)4/h5-7H,1-4H3,(H,13,14)(H2,11,12,15)/b6-5-/t7-/m0/s1. The zero-order valence-electron chi connectivity index (χ0n) is 9.50. The van der Waals surface area contributed by atoms with Gasteiger partial charge in [0.15, 0.2) is 0 Å². The lowest BCUT2D eigenvalue weighted by molar-refractivity contribution is -0.137. The van der Waals surface area contributed by atoms with Gasteiger partial charge in [-0.05, 0) is 27.7 Å². The van der Waals surface area contributed by atoms with E-state index >= 15 is 0 Å². The molecule has 0 aromatic carbocycles. The first-order valence-electron chi connectivity index (χ1n) is 4.70. The maximum atomic E-state index is 11.3. The predicted octanol–water partition coefficient (Wildman–Crippen LogP) is 1.11. The molecule has 0 bridgehead atoms. The van der Waals surface area contributed by atoms with E-state index in [9.17, 15) is 9.59 Å². The molecule has 86 valence electrons. The minimum Gasteiger partial charge on any atom is -0.479 e. The van der Waals surface area contributed by atoms with Crippen LogP contribution in [0.5, 0.6) is 0 Å². The third kappa shape index (κ3) is 6.54. The molecule has 0 aromatic heterocycles. The Labute approximate surface area is 89.6 Å². The summed E-state index contributed by atoms with van der Waals surface area (Å²) < 4.78 is 0. The van der Waals surface area contributed by atoms with E-state index in [0.29, 0.717) is 0 Å². The summed E-state index contributed by atoms with van der Waals surface area (Å²) in [5.41, 5.74) is -0.386. The van der Waals surface area contributed by atoms with E-state index in [0.717, 1.165) is 0 Å². The largest absolute Gasteiger partial charge is 0.479 e. The summed E-state index contributed by atoms with van der Waals surface area (Å²) in [6.07, 6.45) is 2.99. The summed E-state index contributed by atoms with van der Waals surface area (Å²) in [6.45, 7) is 7.15. The van der Waals surface area contributed by atoms with Crippen LogP contribution in [0.2, 0.25) is 0 Å². The van der Waals surface area contributed by atoms with E-state index in [2.05, 4.69) is 10.6 Å². The van der Waals surface area contributed by atoms with Crippen LogP contribution in [0.3, 0.4) is 0 Å². The van der Waals surface area contributed by atoms with Crippen LogP contribution in [-0.2, 0) is 4.79 Å². The maximum Gasteiger partial charge on any atom is 0.330 e. The Morgan fingerprint density at radius 3 is 2.20 bits per heavy atom. The number of nitrogens with one attached hydrogen (secondary N) is 2. The van der Waals surface area contributed by atoms with Crippen LogP contribution in [-0.4, -0.2) is 28.7 Å². The highest BCUT2D eigenvalue weighted by Gasteiger charge is 2.19. The van der Waals surface area contributed by atoms with Crippen LogP contribution in [0.15, 0.2) is 12.2 Å². The van der Waals surface area contributed by atoms with Crippen molar-refractivity contribution in [1.29, 1.82) is 0 Å². The van der Waals surface area contributed by atoms with Crippen molar-refractivity contribution in [3.05, 3.63) is 12.2 Å². The van der Waals surface area contributed by atoms with Crippen LogP contribution >= 0.6 is 0 Å². The van der Waals surface area contributed by atoms with Crippen LogP contribution in [0.4, 0.5) is 4.79 Å². The van der Waals surface area contributed by atoms with Crippen molar-refractivity contribution in [3.63, 3.8) is 0 Å². The number of hydrogen-bond acceptors (Lipinski definition) is 2. The van der Waals surface area contributed by atoms with Gasteiger partial charge < -0.3 is 15.7 Å². The zero-order valence-corrected chi connectivity index (χ0v) is 9.50. The molecule has 2 amide bonds. The van der Waals surface area contributed by atoms with Gasteiger partial charge in [-0.1, -0.05) is 12.2 Å². The van der Waals surface area contributed by atoms with Crippen LogP contribution in [0.1, 0.15) is 27.7 Å². The highest BCUT2D eigenvalue weighted by Crippen LogP contribution is 1.98. The molecule has 1 atom stereocenters. The average Bonchev–Trinajstić information content (AvgIpc) is 1.99. The SMILES string of the molecule is C/C=C\[C@H](NC(=O)NC(C)(C)C)C(=O)O. The summed E-state index contributed by atoms with van der Waals surface area (Å²) >= 11 is 0. The number of amides is 2. The molecule has 0 rings (SSSR count). The first-order valence-corrected chi connectivity index (χ1v) is 4.70. The monoisotopic (exact) mass is 214 g/mol. The third-order valence-electron chi connectivity index (χ3n) is 1.43. The number of allylic oxidation sites excluding steroid dienone is 1. The fraction of sp³-hybridized carbons (Fsp3) is 0.600. The number of aliphatic carboxylic acids is 1. The minimum atomic E-state index is -1.09. The van der Waals surface area contributed by atoms with E-state index in [1.165, 1.54) is 6.08 Å². The molecule has 3 N–H and O–H groups in total. The second kappa shape index (κ2) is 5.38. The van der Waals surface area contributed by atoms with Crippen LogP contribution < -0.4 is 10.6 Å². The van der Waals surface area contributed by atoms with Crippen molar-refractivity contribution in [1.82, 2.24) is 10.6 Å². The Bertz CT molecular complexity index is 266. The molecule has 0 spiro atoms. The Balaban J connectivity index is 4.30. The van der Waals surface area contributed by atoms with Crippen molar-refractivity contribution in [2.24, 2.45) is 0 Å². The third-order valence-corrected chi connectivity index (χ3v) is 1.43. The molecule has 0 fully saturated rings. The Hall–Kier alpha value is -1.52. The molecule has 0 unspecified atom stereocenters. The van der Waals surface area contributed by atoms with Gasteiger partial charge in [0.1, 0.15) is 6.04 Å². The van der Waals surface area contributed by atoms with Gasteiger partial charge in [-0.25, -0.2) is 9.59 Å². The highest BCUT2D eigenvalue weighted by molar-refractivity contribution is 5.84. The van der Waals surface area contributed by atoms with Gasteiger partial charge in [-0.2, -0.15) is 0 Å². The van der Waals surface area contributed by atoms with Crippen LogP contribution in [0.25, 0.3) is 0 Å². The van der Waals surface area contributed by atoms with E-state index in [1.54, 1.807) is 13.0 Å². The summed E-state index contributed by atoms with van der Waals surface area (Å²) in [5, 5.41) is 13.7. The topological polar surface area (TPSA) is 78.4 Å². The number of hydrogen-bond donors (Lipinski definition) is 3. The summed E-state index contributed by atoms with van der Waals surface area (Å²) in [6, 6.07) is -1.48. The van der Waals surface area contributed by atoms with Gasteiger partial charge in [0.25, 0.3) is 0 Å². The smallest absolute Gasteiger partial charge is 0.330 e. The lowest BCUT2D eigenvalue weighted by Gasteiger charge is -2.22. The second-order valence-electron chi connectivity index (χ2n) is 4.19. The second-order valence-corrected chi connectivity index (χ2v) is 4.19. The Morgan fingerprint density at radius 1 is 1.33 bits per heavy atom.